The molecular weight excluding hydrogens is 87.0 g/mol. The van der Waals surface area contributed by atoms with Crippen molar-refractivity contribution in [1.82, 2.24) is 0 Å². The molecule has 0 aromatic rings. The number of rotatable bonds is 1. The third kappa shape index (κ3) is 43.3. The maximum Gasteiger partial charge on any atom is 0.0785 e. The maximum atomic E-state index is 9.50. The minimum atomic E-state index is -0.125. The Balaban J connectivity index is 0. The van der Waals surface area contributed by atoms with Crippen molar-refractivity contribution < 1.29 is 14.6 Å². The van der Waals surface area contributed by atoms with E-state index in [4.69, 9.17) is 10.2 Å². The average Bonchev–Trinajstić information content (AvgIpc) is 1.72. The fourth-order valence-corrected chi connectivity index (χ4v) is 0. The van der Waals surface area contributed by atoms with Gasteiger partial charge in [-0.15, -0.1) is 0 Å². The Kier molecular flexibility index (Phi) is 32.5. The first-order valence-electron chi connectivity index (χ1n) is 1.51. The predicted octanol–water partition coefficient (Wildman–Crippen LogP) is -0.443. The molecule has 0 aliphatic rings. The Bertz CT molecular complexity index is 10.8. The lowest BCUT2D eigenvalue weighted by molar-refractivity contribution is 0.186. The molecule has 0 atom stereocenters. The first kappa shape index (κ1) is 9.28. The van der Waals surface area contributed by atoms with Crippen molar-refractivity contribution in [1.29, 1.82) is 0 Å². The zero-order valence-corrected chi connectivity index (χ0v) is 3.69. The minimum Gasteiger partial charge on any atom is -0.394 e. The number of halogens is 1. The van der Waals surface area contributed by atoms with Gasteiger partial charge in [-0.25, -0.2) is 0 Å². The smallest absolute Gasteiger partial charge is 0.0785 e. The highest BCUT2D eigenvalue weighted by atomic mass is 19.1. The summed E-state index contributed by atoms with van der Waals surface area (Å²) in [5.74, 6) is 0. The van der Waals surface area contributed by atoms with Crippen molar-refractivity contribution in [2.75, 3.05) is 20.4 Å². The molecule has 0 unspecified atom stereocenters. The molecule has 0 saturated carbocycles. The highest BCUT2D eigenvalue weighted by Gasteiger charge is 1.58. The van der Waals surface area contributed by atoms with Crippen molar-refractivity contribution >= 4 is 0 Å². The molecule has 3 heteroatoms. The van der Waals surface area contributed by atoms with Crippen LogP contribution in [0.2, 0.25) is 0 Å². The fraction of sp³-hybridized carbons (Fsp3) is 1.00. The van der Waals surface area contributed by atoms with Crippen molar-refractivity contribution in [3.05, 3.63) is 0 Å². The van der Waals surface area contributed by atoms with E-state index < -0.39 is 0 Å². The van der Waals surface area contributed by atoms with Crippen LogP contribution in [0, 0.1) is 0 Å². The molecule has 0 aromatic carbocycles. The summed E-state index contributed by atoms with van der Waals surface area (Å²) in [7, 11) is 0.500. The summed E-state index contributed by atoms with van der Waals surface area (Å²) >= 11 is 0. The van der Waals surface area contributed by atoms with Crippen molar-refractivity contribution in [2.24, 2.45) is 0 Å². The minimum absolute atomic E-state index is 0.125. The van der Waals surface area contributed by atoms with Gasteiger partial charge < -0.3 is 10.2 Å². The molecule has 0 aliphatic carbocycles. The number of hydrogen-bond acceptors (Lipinski definition) is 2. The van der Waals surface area contributed by atoms with Crippen LogP contribution in [0.1, 0.15) is 0 Å². The van der Waals surface area contributed by atoms with Gasteiger partial charge in [0.15, 0.2) is 0 Å². The van der Waals surface area contributed by atoms with Gasteiger partial charge in [0.05, 0.1) is 20.4 Å². The Morgan fingerprint density at radius 2 is 1.33 bits per heavy atom. The van der Waals surface area contributed by atoms with E-state index in [-0.39, 0.29) is 13.2 Å². The Labute approximate surface area is 36.2 Å². The first-order chi connectivity index (χ1) is 2.91. The standard InChI is InChI=1S/C2H6O2.CH3F/c3-1-2-4;1-2/h3-4H,1-2H2;1H3. The van der Waals surface area contributed by atoms with Gasteiger partial charge in [-0.3, -0.25) is 4.39 Å². The van der Waals surface area contributed by atoms with Gasteiger partial charge in [0.25, 0.3) is 0 Å². The van der Waals surface area contributed by atoms with E-state index in [0.717, 1.165) is 0 Å². The van der Waals surface area contributed by atoms with Gasteiger partial charge >= 0.3 is 0 Å². The Morgan fingerprint density at radius 1 is 1.17 bits per heavy atom. The van der Waals surface area contributed by atoms with Crippen molar-refractivity contribution in [2.45, 2.75) is 0 Å². The summed E-state index contributed by atoms with van der Waals surface area (Å²) in [6.45, 7) is -0.250. The SMILES string of the molecule is CF.OCCO. The fourth-order valence-electron chi connectivity index (χ4n) is 0. The zero-order chi connectivity index (χ0) is 5.41. The van der Waals surface area contributed by atoms with Crippen LogP contribution in [0.25, 0.3) is 0 Å². The van der Waals surface area contributed by atoms with Gasteiger partial charge in [-0.2, -0.15) is 0 Å². The van der Waals surface area contributed by atoms with Gasteiger partial charge in [-0.1, -0.05) is 0 Å². The topological polar surface area (TPSA) is 40.5 Å². The van der Waals surface area contributed by atoms with Crippen molar-refractivity contribution in [3.8, 4) is 0 Å². The van der Waals surface area contributed by atoms with Crippen LogP contribution in [0.4, 0.5) is 4.39 Å². The quantitative estimate of drug-likeness (QED) is 0.464. The number of hydrogen-bond donors (Lipinski definition) is 2. The molecule has 0 bridgehead atoms. The summed E-state index contributed by atoms with van der Waals surface area (Å²) in [5, 5.41) is 15.2. The van der Waals surface area contributed by atoms with E-state index in [1.54, 1.807) is 0 Å². The van der Waals surface area contributed by atoms with Crippen LogP contribution in [0.3, 0.4) is 0 Å². The molecule has 2 nitrogen and oxygen atoms in total. The van der Waals surface area contributed by atoms with E-state index in [9.17, 15) is 4.39 Å². The zero-order valence-electron chi connectivity index (χ0n) is 3.69. The summed E-state index contributed by atoms with van der Waals surface area (Å²) in [6.07, 6.45) is 0. The van der Waals surface area contributed by atoms with E-state index in [2.05, 4.69) is 0 Å². The Morgan fingerprint density at radius 3 is 1.33 bits per heavy atom. The van der Waals surface area contributed by atoms with Crippen molar-refractivity contribution in [3.63, 3.8) is 0 Å². The van der Waals surface area contributed by atoms with Gasteiger partial charge in [0.1, 0.15) is 0 Å². The molecule has 0 spiro atoms. The molecule has 0 fully saturated rings. The van der Waals surface area contributed by atoms with E-state index in [0.29, 0.717) is 7.18 Å². The summed E-state index contributed by atoms with van der Waals surface area (Å²) in [6, 6.07) is 0. The molecule has 40 valence electrons. The van der Waals surface area contributed by atoms with Crippen LogP contribution >= 0.6 is 0 Å². The van der Waals surface area contributed by atoms with Crippen LogP contribution < -0.4 is 0 Å². The number of aliphatic hydroxyl groups is 2. The highest BCUT2D eigenvalue weighted by Crippen LogP contribution is 1.39. The molecule has 0 aromatic heterocycles. The molecule has 0 amide bonds. The summed E-state index contributed by atoms with van der Waals surface area (Å²) in [4.78, 5) is 0. The molecule has 0 heterocycles. The molecule has 0 saturated heterocycles. The lowest BCUT2D eigenvalue weighted by Gasteiger charge is -1.70. The van der Waals surface area contributed by atoms with Crippen LogP contribution in [-0.2, 0) is 0 Å². The monoisotopic (exact) mass is 96.1 g/mol. The second-order valence-electron chi connectivity index (χ2n) is 0.447. The molecule has 2 N–H and O–H groups in total. The summed E-state index contributed by atoms with van der Waals surface area (Å²) in [5.41, 5.74) is 0. The number of alkyl halides is 1. The second kappa shape index (κ2) is 21.0. The lowest BCUT2D eigenvalue weighted by atomic mass is 10.8. The summed E-state index contributed by atoms with van der Waals surface area (Å²) < 4.78 is 9.50. The van der Waals surface area contributed by atoms with Crippen LogP contribution in [0.5, 0.6) is 0 Å². The lowest BCUT2D eigenvalue weighted by Crippen LogP contribution is -1.85. The van der Waals surface area contributed by atoms with E-state index >= 15 is 0 Å². The van der Waals surface area contributed by atoms with E-state index in [1.807, 2.05) is 0 Å². The normalized spacial score (nSPS) is 6.00. The first-order valence-corrected chi connectivity index (χ1v) is 1.51. The maximum absolute atomic E-state index is 9.50. The van der Waals surface area contributed by atoms with Gasteiger partial charge in [0, 0.05) is 0 Å². The predicted molar refractivity (Wildman–Crippen MR) is 21.2 cm³/mol. The number of aliphatic hydroxyl groups excluding tert-OH is 2. The highest BCUT2D eigenvalue weighted by molar-refractivity contribution is 4.06. The second-order valence-corrected chi connectivity index (χ2v) is 0.447. The van der Waals surface area contributed by atoms with Gasteiger partial charge in [0.2, 0.25) is 0 Å². The largest absolute Gasteiger partial charge is 0.394 e. The molecule has 0 aliphatic heterocycles. The van der Waals surface area contributed by atoms with Gasteiger partial charge in [-0.05, 0) is 0 Å². The third-order valence-electron chi connectivity index (χ3n) is 0.1000. The molecule has 6 heavy (non-hydrogen) atoms. The Hall–Kier alpha value is -0.150. The average molecular weight is 96.1 g/mol. The molecule has 0 radical (unpaired) electrons. The molecule has 0 rings (SSSR count). The molecular formula is C3H9FO2. The van der Waals surface area contributed by atoms with E-state index in [1.165, 1.54) is 0 Å². The third-order valence-corrected chi connectivity index (χ3v) is 0.1000. The van der Waals surface area contributed by atoms with Crippen LogP contribution in [-0.4, -0.2) is 30.6 Å². The van der Waals surface area contributed by atoms with Crippen LogP contribution in [0.15, 0.2) is 0 Å².